The summed E-state index contributed by atoms with van der Waals surface area (Å²) in [4.78, 5) is 32.6. The first-order valence-electron chi connectivity index (χ1n) is 11.2. The molecule has 9 heteroatoms. The van der Waals surface area contributed by atoms with Crippen molar-refractivity contribution in [1.29, 1.82) is 0 Å². The molecule has 4 aromatic rings. The molecule has 1 amide bonds. The molecule has 180 valence electrons. The van der Waals surface area contributed by atoms with Crippen LogP contribution < -0.4 is 9.64 Å². The van der Waals surface area contributed by atoms with Gasteiger partial charge in [-0.1, -0.05) is 39.4 Å². The van der Waals surface area contributed by atoms with Gasteiger partial charge in [0.1, 0.15) is 23.4 Å². The Morgan fingerprint density at radius 1 is 1.17 bits per heavy atom. The number of nitrogens with zero attached hydrogens (tertiary/aromatic N) is 2. The summed E-state index contributed by atoms with van der Waals surface area (Å²) in [6.45, 7) is 1.96. The van der Waals surface area contributed by atoms with Crippen LogP contribution in [0.1, 0.15) is 29.7 Å². The predicted molar refractivity (Wildman–Crippen MR) is 139 cm³/mol. The predicted octanol–water partition coefficient (Wildman–Crippen LogP) is 6.15. The average molecular weight is 565 g/mol. The molecular formula is C27H18BrFN2O4S. The molecule has 0 unspecified atom stereocenters. The number of carbonyl (C=O) groups excluding carboxylic acids is 2. The zero-order chi connectivity index (χ0) is 25.1. The molecule has 6 rings (SSSR count). The molecule has 3 heterocycles. The van der Waals surface area contributed by atoms with E-state index in [1.54, 1.807) is 36.4 Å². The van der Waals surface area contributed by atoms with Crippen molar-refractivity contribution < 1.29 is 23.8 Å². The van der Waals surface area contributed by atoms with Crippen LogP contribution in [0.5, 0.6) is 5.75 Å². The number of benzene rings is 3. The first-order chi connectivity index (χ1) is 17.3. The molecule has 0 radical (unpaired) electrons. The molecule has 1 saturated heterocycles. The van der Waals surface area contributed by atoms with Gasteiger partial charge in [0, 0.05) is 16.5 Å². The highest BCUT2D eigenvalue weighted by Gasteiger charge is 2.48. The lowest BCUT2D eigenvalue weighted by atomic mass is 9.94. The lowest BCUT2D eigenvalue weighted by Gasteiger charge is -2.23. The monoisotopic (exact) mass is 564 g/mol. The molecule has 1 fully saturated rings. The number of rotatable bonds is 3. The summed E-state index contributed by atoms with van der Waals surface area (Å²) < 4.78 is 20.9. The number of amides is 1. The van der Waals surface area contributed by atoms with Gasteiger partial charge in [0.05, 0.1) is 21.8 Å². The highest BCUT2D eigenvalue weighted by atomic mass is 79.9. The number of anilines is 1. The maximum atomic E-state index is 13.8. The van der Waals surface area contributed by atoms with Crippen LogP contribution >= 0.6 is 27.3 Å². The number of hydrogen-bond acceptors (Lipinski definition) is 6. The van der Waals surface area contributed by atoms with E-state index in [1.807, 2.05) is 13.0 Å². The summed E-state index contributed by atoms with van der Waals surface area (Å²) in [5.41, 5.74) is 2.45. The van der Waals surface area contributed by atoms with Crippen molar-refractivity contribution in [2.45, 2.75) is 25.5 Å². The minimum atomic E-state index is -0.920. The Morgan fingerprint density at radius 3 is 2.81 bits per heavy atom. The van der Waals surface area contributed by atoms with Gasteiger partial charge in [-0.15, -0.1) is 0 Å². The van der Waals surface area contributed by atoms with E-state index in [9.17, 15) is 19.1 Å². The molecule has 36 heavy (non-hydrogen) atoms. The number of hydrogen-bond donors (Lipinski definition) is 1. The molecule has 3 aromatic carbocycles. The van der Waals surface area contributed by atoms with Gasteiger partial charge >= 0.3 is 5.91 Å². The number of fused-ring (bicyclic) bond motifs is 2. The number of aliphatic hydroxyl groups is 1. The molecule has 2 aliphatic rings. The Morgan fingerprint density at radius 2 is 2.00 bits per heavy atom. The van der Waals surface area contributed by atoms with E-state index in [0.29, 0.717) is 27.8 Å². The largest absolute Gasteiger partial charge is 0.507 e. The third-order valence-corrected chi connectivity index (χ3v) is 7.83. The Balaban J connectivity index is 1.54. The molecule has 2 aliphatic heterocycles. The van der Waals surface area contributed by atoms with Crippen LogP contribution in [-0.2, 0) is 16.0 Å². The second kappa shape index (κ2) is 8.53. The Bertz CT molecular complexity index is 1610. The summed E-state index contributed by atoms with van der Waals surface area (Å²) in [6.07, 6.45) is 0.704. The smallest absolute Gasteiger partial charge is 0.301 e. The topological polar surface area (TPSA) is 79.7 Å². The van der Waals surface area contributed by atoms with Crippen LogP contribution in [-0.4, -0.2) is 27.9 Å². The first-order valence-corrected chi connectivity index (χ1v) is 12.8. The molecule has 1 aromatic heterocycles. The fourth-order valence-electron chi connectivity index (χ4n) is 4.74. The van der Waals surface area contributed by atoms with Gasteiger partial charge in [0.15, 0.2) is 5.13 Å². The summed E-state index contributed by atoms with van der Waals surface area (Å²) in [7, 11) is 0. The summed E-state index contributed by atoms with van der Waals surface area (Å²) in [5, 5.41) is 11.7. The van der Waals surface area contributed by atoms with E-state index >= 15 is 0 Å². The zero-order valence-electron chi connectivity index (χ0n) is 18.9. The Labute approximate surface area is 217 Å². The SMILES string of the molecule is C[C@@H]1Cc2cc(C(O)=C3C(=O)C(=O)N(c4nc5ccc(F)cc5s4)[C@H]3c3cccc(Br)c3)ccc2O1. The van der Waals surface area contributed by atoms with Gasteiger partial charge in [-0.25, -0.2) is 9.37 Å². The molecular weight excluding hydrogens is 547 g/mol. The molecule has 0 saturated carbocycles. The van der Waals surface area contributed by atoms with Gasteiger partial charge in [-0.2, -0.15) is 0 Å². The molecule has 6 nitrogen and oxygen atoms in total. The van der Waals surface area contributed by atoms with Gasteiger partial charge < -0.3 is 9.84 Å². The van der Waals surface area contributed by atoms with Gasteiger partial charge in [-0.05, 0) is 66.6 Å². The van der Waals surface area contributed by atoms with Crippen molar-refractivity contribution in [1.82, 2.24) is 4.98 Å². The lowest BCUT2D eigenvalue weighted by molar-refractivity contribution is -0.132. The zero-order valence-corrected chi connectivity index (χ0v) is 21.3. The minimum Gasteiger partial charge on any atom is -0.507 e. The number of aromatic nitrogens is 1. The maximum absolute atomic E-state index is 13.8. The van der Waals surface area contributed by atoms with E-state index in [0.717, 1.165) is 27.1 Å². The number of aliphatic hydroxyl groups excluding tert-OH is 1. The Hall–Kier alpha value is -3.56. The number of Topliss-reactive ketones (excluding diaryl/α,β-unsaturated/α-hetero) is 1. The fraction of sp³-hybridized carbons (Fsp3) is 0.148. The second-order valence-electron chi connectivity index (χ2n) is 8.79. The van der Waals surface area contributed by atoms with Crippen molar-refractivity contribution in [2.75, 3.05) is 4.90 Å². The van der Waals surface area contributed by atoms with Crippen molar-refractivity contribution in [3.8, 4) is 5.75 Å². The molecule has 1 N–H and O–H groups in total. The van der Waals surface area contributed by atoms with Crippen LogP contribution in [0.15, 0.2) is 70.7 Å². The number of thiazole rings is 1. The highest BCUT2D eigenvalue weighted by molar-refractivity contribution is 9.10. The van der Waals surface area contributed by atoms with Crippen LogP contribution in [0, 0.1) is 5.82 Å². The highest BCUT2D eigenvalue weighted by Crippen LogP contribution is 2.45. The van der Waals surface area contributed by atoms with E-state index in [4.69, 9.17) is 4.74 Å². The first kappa shape index (κ1) is 22.9. The molecule has 0 aliphatic carbocycles. The number of ether oxygens (including phenoxy) is 1. The van der Waals surface area contributed by atoms with Crippen molar-refractivity contribution in [3.63, 3.8) is 0 Å². The molecule has 0 bridgehead atoms. The van der Waals surface area contributed by atoms with E-state index in [2.05, 4.69) is 20.9 Å². The van der Waals surface area contributed by atoms with Crippen LogP contribution in [0.25, 0.3) is 16.0 Å². The number of ketones is 1. The van der Waals surface area contributed by atoms with Crippen molar-refractivity contribution in [2.24, 2.45) is 0 Å². The summed E-state index contributed by atoms with van der Waals surface area (Å²) in [6, 6.07) is 15.7. The van der Waals surface area contributed by atoms with E-state index in [-0.39, 0.29) is 22.6 Å². The summed E-state index contributed by atoms with van der Waals surface area (Å²) in [5.74, 6) is -1.56. The Kier molecular flexibility index (Phi) is 5.42. The lowest BCUT2D eigenvalue weighted by Crippen LogP contribution is -2.29. The summed E-state index contributed by atoms with van der Waals surface area (Å²) >= 11 is 4.57. The normalized spacial score (nSPS) is 20.7. The maximum Gasteiger partial charge on any atom is 0.301 e. The number of carbonyl (C=O) groups is 2. The third kappa shape index (κ3) is 3.70. The molecule has 2 atom stereocenters. The fourth-order valence-corrected chi connectivity index (χ4v) is 6.17. The average Bonchev–Trinajstić information content (AvgIpc) is 3.50. The van der Waals surface area contributed by atoms with E-state index < -0.39 is 23.5 Å². The second-order valence-corrected chi connectivity index (χ2v) is 10.7. The van der Waals surface area contributed by atoms with Gasteiger partial charge in [-0.3, -0.25) is 14.5 Å². The van der Waals surface area contributed by atoms with Gasteiger partial charge in [0.25, 0.3) is 5.78 Å². The van der Waals surface area contributed by atoms with Crippen LogP contribution in [0.3, 0.4) is 0 Å². The molecule has 0 spiro atoms. The van der Waals surface area contributed by atoms with Crippen LogP contribution in [0.2, 0.25) is 0 Å². The van der Waals surface area contributed by atoms with Crippen molar-refractivity contribution in [3.05, 3.63) is 93.2 Å². The van der Waals surface area contributed by atoms with Crippen molar-refractivity contribution >= 4 is 60.1 Å². The quantitative estimate of drug-likeness (QED) is 0.183. The third-order valence-electron chi connectivity index (χ3n) is 6.32. The number of halogens is 2. The van der Waals surface area contributed by atoms with Crippen LogP contribution in [0.4, 0.5) is 9.52 Å². The van der Waals surface area contributed by atoms with E-state index in [1.165, 1.54) is 23.1 Å². The van der Waals surface area contributed by atoms with Gasteiger partial charge in [0.2, 0.25) is 0 Å². The minimum absolute atomic E-state index is 0.0218. The standard InChI is InChI=1S/C27H18BrFN2O4S/c1-13-9-16-10-15(5-8-20(16)35-13)24(32)22-23(14-3-2-4-17(28)11-14)31(26(34)25(22)33)27-30-19-7-6-18(29)12-21(19)36-27/h2-8,10-13,23,32H,9H2,1H3/t13-,23+/m1/s1.